The number of benzene rings is 1. The SMILES string of the molecule is CC(C)(C)OC(=O)N1CCC(C(=O)NCc2ccc(F)c(Cl)c2)C1. The van der Waals surface area contributed by atoms with Crippen LogP contribution in [-0.4, -0.2) is 35.6 Å². The quantitative estimate of drug-likeness (QED) is 0.903. The second-order valence-corrected chi connectivity index (χ2v) is 7.29. The summed E-state index contributed by atoms with van der Waals surface area (Å²) in [5.41, 5.74) is 0.163. The summed E-state index contributed by atoms with van der Waals surface area (Å²) in [6.45, 7) is 6.51. The van der Waals surface area contributed by atoms with E-state index in [9.17, 15) is 14.0 Å². The van der Waals surface area contributed by atoms with Gasteiger partial charge in [0.05, 0.1) is 10.9 Å². The molecule has 5 nitrogen and oxygen atoms in total. The highest BCUT2D eigenvalue weighted by Crippen LogP contribution is 2.20. The molecule has 2 amide bonds. The predicted octanol–water partition coefficient (Wildman–Crippen LogP) is 3.35. The molecule has 2 rings (SSSR count). The second-order valence-electron chi connectivity index (χ2n) is 6.88. The van der Waals surface area contributed by atoms with Gasteiger partial charge in [-0.1, -0.05) is 17.7 Å². The van der Waals surface area contributed by atoms with E-state index < -0.39 is 17.5 Å². The highest BCUT2D eigenvalue weighted by Gasteiger charge is 2.33. The Morgan fingerprint density at radius 2 is 2.12 bits per heavy atom. The molecule has 0 aromatic heterocycles. The number of likely N-dealkylation sites (tertiary alicyclic amines) is 1. The van der Waals surface area contributed by atoms with Crippen molar-refractivity contribution < 1.29 is 18.7 Å². The second kappa shape index (κ2) is 7.38. The molecule has 1 atom stereocenters. The average Bonchev–Trinajstić information content (AvgIpc) is 2.96. The maximum absolute atomic E-state index is 13.1. The largest absolute Gasteiger partial charge is 0.444 e. The summed E-state index contributed by atoms with van der Waals surface area (Å²) in [6, 6.07) is 4.32. The summed E-state index contributed by atoms with van der Waals surface area (Å²) >= 11 is 5.72. The molecule has 1 aromatic rings. The lowest BCUT2D eigenvalue weighted by atomic mass is 10.1. The van der Waals surface area contributed by atoms with Crippen LogP contribution in [0, 0.1) is 11.7 Å². The van der Waals surface area contributed by atoms with Crippen molar-refractivity contribution in [3.05, 3.63) is 34.6 Å². The van der Waals surface area contributed by atoms with Gasteiger partial charge in [0, 0.05) is 19.6 Å². The molecule has 0 saturated carbocycles. The first-order valence-corrected chi connectivity index (χ1v) is 8.23. The van der Waals surface area contributed by atoms with Crippen LogP contribution >= 0.6 is 11.6 Å². The fourth-order valence-corrected chi connectivity index (χ4v) is 2.65. The number of rotatable bonds is 3. The smallest absolute Gasteiger partial charge is 0.410 e. The average molecular weight is 357 g/mol. The van der Waals surface area contributed by atoms with Crippen LogP contribution in [0.2, 0.25) is 5.02 Å². The first-order valence-electron chi connectivity index (χ1n) is 7.85. The lowest BCUT2D eigenvalue weighted by Crippen LogP contribution is -2.37. The Balaban J connectivity index is 1.83. The third-order valence-electron chi connectivity index (χ3n) is 3.66. The van der Waals surface area contributed by atoms with Crippen molar-refractivity contribution in [3.8, 4) is 0 Å². The maximum atomic E-state index is 13.1. The van der Waals surface area contributed by atoms with Crippen LogP contribution in [0.5, 0.6) is 0 Å². The van der Waals surface area contributed by atoms with Gasteiger partial charge < -0.3 is 15.0 Å². The van der Waals surface area contributed by atoms with Gasteiger partial charge in [-0.25, -0.2) is 9.18 Å². The highest BCUT2D eigenvalue weighted by molar-refractivity contribution is 6.30. The number of carbonyl (C=O) groups is 2. The summed E-state index contributed by atoms with van der Waals surface area (Å²) in [7, 11) is 0. The van der Waals surface area contributed by atoms with E-state index in [0.717, 1.165) is 5.56 Å². The van der Waals surface area contributed by atoms with Crippen molar-refractivity contribution in [2.24, 2.45) is 5.92 Å². The molecule has 0 spiro atoms. The molecule has 1 heterocycles. The van der Waals surface area contributed by atoms with Crippen LogP contribution < -0.4 is 5.32 Å². The van der Waals surface area contributed by atoms with Crippen LogP contribution in [0.1, 0.15) is 32.8 Å². The number of ether oxygens (including phenoxy) is 1. The van der Waals surface area contributed by atoms with E-state index >= 15 is 0 Å². The standard InChI is InChI=1S/C17H22ClFN2O3/c1-17(2,3)24-16(23)21-7-6-12(10-21)15(22)20-9-11-4-5-14(19)13(18)8-11/h4-5,8,12H,6-7,9-10H2,1-3H3,(H,20,22). The summed E-state index contributed by atoms with van der Waals surface area (Å²) in [6.07, 6.45) is 0.193. The summed E-state index contributed by atoms with van der Waals surface area (Å²) < 4.78 is 18.4. The van der Waals surface area contributed by atoms with Crippen LogP contribution in [0.25, 0.3) is 0 Å². The van der Waals surface area contributed by atoms with E-state index in [4.69, 9.17) is 16.3 Å². The Kier molecular flexibility index (Phi) is 5.70. The van der Waals surface area contributed by atoms with Crippen molar-refractivity contribution >= 4 is 23.6 Å². The van der Waals surface area contributed by atoms with Crippen LogP contribution in [0.15, 0.2) is 18.2 Å². The van der Waals surface area contributed by atoms with Gasteiger partial charge in [0.2, 0.25) is 5.91 Å². The minimum absolute atomic E-state index is 0.0266. The number of halogens is 2. The molecule has 7 heteroatoms. The van der Waals surface area contributed by atoms with Crippen molar-refractivity contribution in [2.75, 3.05) is 13.1 Å². The Hall–Kier alpha value is -1.82. The minimum Gasteiger partial charge on any atom is -0.444 e. The molecule has 0 radical (unpaired) electrons. The Bertz CT molecular complexity index is 631. The van der Waals surface area contributed by atoms with E-state index in [2.05, 4.69) is 5.32 Å². The van der Waals surface area contributed by atoms with Crippen LogP contribution in [-0.2, 0) is 16.1 Å². The molecule has 1 saturated heterocycles. The van der Waals surface area contributed by atoms with Gasteiger partial charge in [-0.3, -0.25) is 4.79 Å². The van der Waals surface area contributed by atoms with Crippen molar-refractivity contribution in [1.29, 1.82) is 0 Å². The Morgan fingerprint density at radius 1 is 1.42 bits per heavy atom. The molecule has 1 aliphatic rings. The molecule has 1 N–H and O–H groups in total. The van der Waals surface area contributed by atoms with E-state index in [-0.39, 0.29) is 23.4 Å². The first kappa shape index (κ1) is 18.5. The van der Waals surface area contributed by atoms with Gasteiger partial charge in [-0.05, 0) is 44.9 Å². The summed E-state index contributed by atoms with van der Waals surface area (Å²) in [4.78, 5) is 25.8. The topological polar surface area (TPSA) is 58.6 Å². The predicted molar refractivity (Wildman–Crippen MR) is 89.2 cm³/mol. The summed E-state index contributed by atoms with van der Waals surface area (Å²) in [5, 5.41) is 2.82. The molecular formula is C17H22ClFN2O3. The number of amides is 2. The van der Waals surface area contributed by atoms with Gasteiger partial charge in [0.25, 0.3) is 0 Å². The first-order chi connectivity index (χ1) is 11.2. The van der Waals surface area contributed by atoms with E-state index in [1.807, 2.05) is 0 Å². The lowest BCUT2D eigenvalue weighted by molar-refractivity contribution is -0.124. The van der Waals surface area contributed by atoms with Crippen molar-refractivity contribution in [1.82, 2.24) is 10.2 Å². The molecule has 0 aliphatic carbocycles. The van der Waals surface area contributed by atoms with Crippen LogP contribution in [0.4, 0.5) is 9.18 Å². The third kappa shape index (κ3) is 5.09. The zero-order chi connectivity index (χ0) is 17.9. The molecule has 1 unspecified atom stereocenters. The number of hydrogen-bond acceptors (Lipinski definition) is 3. The number of hydrogen-bond donors (Lipinski definition) is 1. The fraction of sp³-hybridized carbons (Fsp3) is 0.529. The van der Waals surface area contributed by atoms with Gasteiger partial charge in [0.1, 0.15) is 11.4 Å². The molecule has 1 aromatic carbocycles. The van der Waals surface area contributed by atoms with E-state index in [1.54, 1.807) is 31.7 Å². The van der Waals surface area contributed by atoms with Gasteiger partial charge in [0.15, 0.2) is 0 Å². The molecule has 1 aliphatic heterocycles. The maximum Gasteiger partial charge on any atom is 0.410 e. The van der Waals surface area contributed by atoms with Gasteiger partial charge >= 0.3 is 6.09 Å². The van der Waals surface area contributed by atoms with Gasteiger partial charge in [-0.2, -0.15) is 0 Å². The zero-order valence-corrected chi connectivity index (χ0v) is 14.8. The number of nitrogens with zero attached hydrogens (tertiary/aromatic N) is 1. The lowest BCUT2D eigenvalue weighted by Gasteiger charge is -2.24. The molecule has 1 fully saturated rings. The Labute approximate surface area is 146 Å². The Morgan fingerprint density at radius 3 is 2.75 bits per heavy atom. The van der Waals surface area contributed by atoms with E-state index in [1.165, 1.54) is 12.1 Å². The van der Waals surface area contributed by atoms with Crippen molar-refractivity contribution in [3.63, 3.8) is 0 Å². The highest BCUT2D eigenvalue weighted by atomic mass is 35.5. The monoisotopic (exact) mass is 356 g/mol. The fourth-order valence-electron chi connectivity index (χ4n) is 2.45. The molecule has 0 bridgehead atoms. The molecule has 24 heavy (non-hydrogen) atoms. The van der Waals surface area contributed by atoms with Crippen molar-refractivity contribution in [2.45, 2.75) is 39.3 Å². The third-order valence-corrected chi connectivity index (χ3v) is 3.95. The normalized spacial score (nSPS) is 17.7. The van der Waals surface area contributed by atoms with Gasteiger partial charge in [-0.15, -0.1) is 0 Å². The number of nitrogens with one attached hydrogen (secondary N) is 1. The minimum atomic E-state index is -0.556. The van der Waals surface area contributed by atoms with E-state index in [0.29, 0.717) is 19.5 Å². The summed E-state index contributed by atoms with van der Waals surface area (Å²) in [5.74, 6) is -0.898. The zero-order valence-electron chi connectivity index (χ0n) is 14.1. The molecule has 132 valence electrons. The van der Waals surface area contributed by atoms with Crippen LogP contribution in [0.3, 0.4) is 0 Å². The number of carbonyl (C=O) groups excluding carboxylic acids is 2. The molecular weight excluding hydrogens is 335 g/mol.